The van der Waals surface area contributed by atoms with E-state index >= 15 is 0 Å². The average Bonchev–Trinajstić information content (AvgIpc) is 3.21. The van der Waals surface area contributed by atoms with Gasteiger partial charge in [-0.3, -0.25) is 4.68 Å². The van der Waals surface area contributed by atoms with Crippen molar-refractivity contribution in [3.63, 3.8) is 0 Å². The van der Waals surface area contributed by atoms with E-state index < -0.39 is 11.6 Å². The summed E-state index contributed by atoms with van der Waals surface area (Å²) in [6, 6.07) is 5.71. The number of unbranched alkanes of at least 4 members (excludes halogenated alkanes) is 1. The Bertz CT molecular complexity index is 944. The fourth-order valence-electron chi connectivity index (χ4n) is 4.70. The van der Waals surface area contributed by atoms with E-state index in [9.17, 15) is 9.90 Å². The van der Waals surface area contributed by atoms with Crippen LogP contribution >= 0.6 is 11.6 Å². The number of amides is 2. The molecule has 7 nitrogen and oxygen atoms in total. The van der Waals surface area contributed by atoms with Crippen LogP contribution in [0.3, 0.4) is 0 Å². The smallest absolute Gasteiger partial charge is 0.317 e. The van der Waals surface area contributed by atoms with Crippen molar-refractivity contribution in [1.82, 2.24) is 20.0 Å². The summed E-state index contributed by atoms with van der Waals surface area (Å²) in [6.07, 6.45) is 3.83. The Labute approximate surface area is 168 Å². The molecule has 1 aromatic heterocycles. The van der Waals surface area contributed by atoms with Crippen LogP contribution in [0.25, 0.3) is 10.9 Å². The maximum Gasteiger partial charge on any atom is 0.317 e. The number of urea groups is 1. The summed E-state index contributed by atoms with van der Waals surface area (Å²) in [5.41, 5.74) is 1.24. The van der Waals surface area contributed by atoms with Crippen LogP contribution < -0.4 is 5.32 Å². The summed E-state index contributed by atoms with van der Waals surface area (Å²) in [5, 5.41) is 28.7. The number of nitrogens with one attached hydrogen (secondary N) is 1. The van der Waals surface area contributed by atoms with Gasteiger partial charge in [-0.05, 0) is 44.2 Å². The maximum atomic E-state index is 12.3. The summed E-state index contributed by atoms with van der Waals surface area (Å²) in [5.74, 6) is 0.194. The van der Waals surface area contributed by atoms with Crippen molar-refractivity contribution in [1.29, 1.82) is 5.26 Å². The molecule has 0 spiro atoms. The average molecular weight is 402 g/mol. The molecule has 28 heavy (non-hydrogen) atoms. The van der Waals surface area contributed by atoms with Crippen molar-refractivity contribution in [3.8, 4) is 6.07 Å². The van der Waals surface area contributed by atoms with Crippen LogP contribution in [0.1, 0.15) is 44.3 Å². The highest BCUT2D eigenvalue weighted by molar-refractivity contribution is 6.31. The van der Waals surface area contributed by atoms with Gasteiger partial charge >= 0.3 is 6.03 Å². The molecule has 1 aromatic carbocycles. The Kier molecular flexibility index (Phi) is 4.94. The number of aliphatic hydroxyl groups is 1. The lowest BCUT2D eigenvalue weighted by molar-refractivity contribution is -0.0116. The van der Waals surface area contributed by atoms with Crippen molar-refractivity contribution in [2.24, 2.45) is 5.92 Å². The van der Waals surface area contributed by atoms with Gasteiger partial charge in [0.1, 0.15) is 6.10 Å². The molecule has 2 aliphatic rings. The summed E-state index contributed by atoms with van der Waals surface area (Å²) in [4.78, 5) is 14.1. The molecular formula is C20H24ClN5O2. The Balaban J connectivity index is 1.46. The Morgan fingerprint density at radius 2 is 2.21 bits per heavy atom. The number of halogens is 1. The highest BCUT2D eigenvalue weighted by atomic mass is 35.5. The molecule has 2 aliphatic heterocycles. The van der Waals surface area contributed by atoms with Gasteiger partial charge in [-0.2, -0.15) is 10.4 Å². The topological polar surface area (TPSA) is 94.2 Å². The maximum absolute atomic E-state index is 12.3. The van der Waals surface area contributed by atoms with E-state index in [1.54, 1.807) is 6.20 Å². The molecular weight excluding hydrogens is 378 g/mol. The van der Waals surface area contributed by atoms with E-state index in [4.69, 9.17) is 16.9 Å². The lowest BCUT2D eigenvalue weighted by Crippen LogP contribution is -2.50. The van der Waals surface area contributed by atoms with Crippen LogP contribution in [0.5, 0.6) is 0 Å². The molecule has 4 rings (SSSR count). The number of carbonyl (C=O) groups excluding carboxylic acids is 1. The number of nitriles is 1. The molecule has 0 saturated carbocycles. The number of benzene rings is 1. The van der Waals surface area contributed by atoms with Gasteiger partial charge in [0.2, 0.25) is 0 Å². The number of aromatic nitrogens is 2. The number of hydrogen-bond donors (Lipinski definition) is 2. The Hall–Kier alpha value is -2.30. The van der Waals surface area contributed by atoms with Gasteiger partial charge in [-0.1, -0.05) is 11.6 Å². The monoisotopic (exact) mass is 401 g/mol. The van der Waals surface area contributed by atoms with Gasteiger partial charge in [0.25, 0.3) is 0 Å². The van der Waals surface area contributed by atoms with Crippen LogP contribution in [0, 0.1) is 17.2 Å². The van der Waals surface area contributed by atoms with Gasteiger partial charge < -0.3 is 15.3 Å². The molecule has 0 radical (unpaired) electrons. The van der Waals surface area contributed by atoms with E-state index in [2.05, 4.69) is 23.4 Å². The molecule has 1 fully saturated rings. The lowest BCUT2D eigenvalue weighted by atomic mass is 9.75. The second-order valence-electron chi connectivity index (χ2n) is 7.87. The van der Waals surface area contributed by atoms with Crippen LogP contribution in [0.4, 0.5) is 4.79 Å². The van der Waals surface area contributed by atoms with E-state index in [0.717, 1.165) is 29.3 Å². The number of hydrogen-bond acceptors (Lipinski definition) is 4. The van der Waals surface area contributed by atoms with E-state index in [1.165, 1.54) is 0 Å². The zero-order valence-corrected chi connectivity index (χ0v) is 16.6. The number of piperidine rings is 1. The molecule has 1 unspecified atom stereocenters. The van der Waals surface area contributed by atoms with E-state index in [-0.39, 0.29) is 11.9 Å². The number of aliphatic hydroxyl groups excluding tert-OH is 1. The largest absolute Gasteiger partial charge is 0.386 e. The van der Waals surface area contributed by atoms with E-state index in [1.807, 2.05) is 21.7 Å². The third-order valence-electron chi connectivity index (χ3n) is 6.31. The minimum atomic E-state index is -0.672. The zero-order valence-electron chi connectivity index (χ0n) is 15.9. The molecule has 1 saturated heterocycles. The number of nitrogens with zero attached hydrogens (tertiary/aromatic N) is 4. The molecule has 2 amide bonds. The predicted molar refractivity (Wildman–Crippen MR) is 106 cm³/mol. The Morgan fingerprint density at radius 1 is 1.46 bits per heavy atom. The lowest BCUT2D eigenvalue weighted by Gasteiger charge is -2.42. The molecule has 148 valence electrons. The normalized spacial score (nSPS) is 24.5. The number of rotatable bonds is 4. The first-order valence-electron chi connectivity index (χ1n) is 9.72. The molecule has 3 heterocycles. The minimum absolute atomic E-state index is 0.0786. The van der Waals surface area contributed by atoms with Crippen molar-refractivity contribution in [2.45, 2.75) is 44.2 Å². The Morgan fingerprint density at radius 3 is 2.93 bits per heavy atom. The molecule has 2 N–H and O–H groups in total. The zero-order chi connectivity index (χ0) is 19.9. The fraction of sp³-hybridized carbons (Fsp3) is 0.550. The second-order valence-corrected chi connectivity index (χ2v) is 8.31. The first-order valence-corrected chi connectivity index (χ1v) is 10.1. The molecule has 0 bridgehead atoms. The van der Waals surface area contributed by atoms with Gasteiger partial charge in [0.15, 0.2) is 0 Å². The summed E-state index contributed by atoms with van der Waals surface area (Å²) in [7, 11) is 0. The predicted octanol–water partition coefficient (Wildman–Crippen LogP) is 3.18. The standard InChI is InChI=1S/C20H24ClN5O2/c1-20(14-4-8-25(9-5-14)19(28)23-7-3-2-6-22)18(27)16-11-15(21)10-13-12-24-26(20)17(13)16/h10-12,14,18,27H,2-5,7-9H2,1H3,(H,23,28)/t18-,20?/m1/s1. The van der Waals surface area contributed by atoms with Crippen molar-refractivity contribution < 1.29 is 9.90 Å². The second kappa shape index (κ2) is 7.26. The molecule has 2 atom stereocenters. The van der Waals surface area contributed by atoms with Crippen molar-refractivity contribution >= 4 is 28.5 Å². The first-order chi connectivity index (χ1) is 13.5. The van der Waals surface area contributed by atoms with Crippen LogP contribution in [0.2, 0.25) is 5.02 Å². The molecule has 2 aromatic rings. The van der Waals surface area contributed by atoms with Gasteiger partial charge in [0.05, 0.1) is 23.3 Å². The third kappa shape index (κ3) is 2.92. The summed E-state index contributed by atoms with van der Waals surface area (Å²) < 4.78 is 1.96. The van der Waals surface area contributed by atoms with Gasteiger partial charge in [0, 0.05) is 42.0 Å². The van der Waals surface area contributed by atoms with Crippen molar-refractivity contribution in [3.05, 3.63) is 28.9 Å². The van der Waals surface area contributed by atoms with Crippen molar-refractivity contribution in [2.75, 3.05) is 19.6 Å². The van der Waals surface area contributed by atoms with Crippen LogP contribution in [-0.4, -0.2) is 45.5 Å². The fourth-order valence-corrected chi connectivity index (χ4v) is 4.94. The first kappa shape index (κ1) is 19.0. The summed E-state index contributed by atoms with van der Waals surface area (Å²) in [6.45, 7) is 3.85. The van der Waals surface area contributed by atoms with Gasteiger partial charge in [-0.25, -0.2) is 4.79 Å². The molecule has 0 aliphatic carbocycles. The van der Waals surface area contributed by atoms with Gasteiger partial charge in [-0.15, -0.1) is 0 Å². The van der Waals surface area contributed by atoms with E-state index in [0.29, 0.717) is 37.5 Å². The molecule has 8 heteroatoms. The van der Waals surface area contributed by atoms with Crippen LogP contribution in [-0.2, 0) is 5.54 Å². The number of likely N-dealkylation sites (tertiary alicyclic amines) is 1. The number of carbonyl (C=O) groups is 1. The highest BCUT2D eigenvalue weighted by Crippen LogP contribution is 2.51. The quantitative estimate of drug-likeness (QED) is 0.769. The summed E-state index contributed by atoms with van der Waals surface area (Å²) >= 11 is 6.23. The highest BCUT2D eigenvalue weighted by Gasteiger charge is 2.50. The third-order valence-corrected chi connectivity index (χ3v) is 6.53. The minimum Gasteiger partial charge on any atom is -0.386 e. The SMILES string of the molecule is CC1(C2CCN(C(=O)NCCCC#N)CC2)[C@H](O)c2cc(Cl)cc3cnn1c23. The van der Waals surface area contributed by atoms with Crippen LogP contribution in [0.15, 0.2) is 18.3 Å².